The van der Waals surface area contributed by atoms with Crippen LogP contribution in [0.1, 0.15) is 28.8 Å². The lowest BCUT2D eigenvalue weighted by molar-refractivity contribution is 0.102. The molecule has 6 heteroatoms. The van der Waals surface area contributed by atoms with E-state index in [2.05, 4.69) is 22.0 Å². The van der Waals surface area contributed by atoms with Gasteiger partial charge in [-0.05, 0) is 53.9 Å². The molecule has 0 aromatic heterocycles. The Morgan fingerprint density at radius 1 is 1.00 bits per heavy atom. The third-order valence-corrected chi connectivity index (χ3v) is 6.03. The highest BCUT2D eigenvalue weighted by Gasteiger charge is 2.20. The monoisotopic (exact) mass is 432 g/mol. The highest BCUT2D eigenvalue weighted by Crippen LogP contribution is 2.22. The van der Waals surface area contributed by atoms with Crippen LogP contribution in [0.15, 0.2) is 72.8 Å². The van der Waals surface area contributed by atoms with Gasteiger partial charge in [-0.15, -0.1) is 0 Å². The standard InChI is InChI=1S/C26H29FN4O/c1-19(18-30-13-15-31(16-14-30)23-6-4-5-22(27)17-23)20-9-11-21(12-10-20)26(32)29-25-8-3-2-7-24(25)28/h2-12,17,19H,13-16,18,28H2,1H3,(H,29,32). The van der Waals surface area contributed by atoms with Crippen LogP contribution in [0.25, 0.3) is 0 Å². The molecule has 1 amide bonds. The van der Waals surface area contributed by atoms with Gasteiger partial charge in [-0.2, -0.15) is 0 Å². The number of para-hydroxylation sites is 2. The van der Waals surface area contributed by atoms with Gasteiger partial charge in [-0.3, -0.25) is 9.69 Å². The average Bonchev–Trinajstić information content (AvgIpc) is 2.81. The van der Waals surface area contributed by atoms with Crippen LogP contribution < -0.4 is 16.0 Å². The number of piperazine rings is 1. The summed E-state index contributed by atoms with van der Waals surface area (Å²) in [5.74, 6) is -0.0175. The van der Waals surface area contributed by atoms with E-state index in [4.69, 9.17) is 5.73 Å². The lowest BCUT2D eigenvalue weighted by Crippen LogP contribution is -2.47. The predicted molar refractivity (Wildman–Crippen MR) is 129 cm³/mol. The largest absolute Gasteiger partial charge is 0.397 e. The summed E-state index contributed by atoms with van der Waals surface area (Å²) in [4.78, 5) is 17.2. The molecule has 1 unspecified atom stereocenters. The average molecular weight is 433 g/mol. The summed E-state index contributed by atoms with van der Waals surface area (Å²) in [7, 11) is 0. The zero-order valence-corrected chi connectivity index (χ0v) is 18.3. The van der Waals surface area contributed by atoms with Crippen molar-refractivity contribution < 1.29 is 9.18 Å². The molecule has 0 saturated carbocycles. The van der Waals surface area contributed by atoms with Gasteiger partial charge in [0.2, 0.25) is 0 Å². The molecule has 0 spiro atoms. The Hall–Kier alpha value is -3.38. The number of nitrogens with two attached hydrogens (primary N) is 1. The van der Waals surface area contributed by atoms with Crippen molar-refractivity contribution in [3.8, 4) is 0 Å². The minimum Gasteiger partial charge on any atom is -0.397 e. The van der Waals surface area contributed by atoms with Gasteiger partial charge in [0.05, 0.1) is 11.4 Å². The lowest BCUT2D eigenvalue weighted by atomic mass is 9.98. The number of hydrogen-bond donors (Lipinski definition) is 2. The van der Waals surface area contributed by atoms with Gasteiger partial charge in [0.15, 0.2) is 0 Å². The summed E-state index contributed by atoms with van der Waals surface area (Å²) in [5, 5.41) is 2.86. The van der Waals surface area contributed by atoms with Crippen LogP contribution in [-0.2, 0) is 0 Å². The van der Waals surface area contributed by atoms with Gasteiger partial charge in [-0.25, -0.2) is 4.39 Å². The predicted octanol–water partition coefficient (Wildman–Crippen LogP) is 4.59. The molecular formula is C26H29FN4O. The maximum atomic E-state index is 13.5. The molecule has 0 bridgehead atoms. The zero-order chi connectivity index (χ0) is 22.5. The first-order chi connectivity index (χ1) is 15.5. The van der Waals surface area contributed by atoms with Gasteiger partial charge in [0.1, 0.15) is 5.82 Å². The molecule has 1 fully saturated rings. The number of halogens is 1. The molecule has 1 aliphatic rings. The summed E-state index contributed by atoms with van der Waals surface area (Å²) in [6.45, 7) is 6.82. The van der Waals surface area contributed by atoms with Crippen LogP contribution in [0.3, 0.4) is 0 Å². The minimum atomic E-state index is -0.192. The summed E-state index contributed by atoms with van der Waals surface area (Å²) in [6.07, 6.45) is 0. The van der Waals surface area contributed by atoms with Crippen molar-refractivity contribution in [3.05, 3.63) is 89.7 Å². The Morgan fingerprint density at radius 3 is 2.41 bits per heavy atom. The fourth-order valence-electron chi connectivity index (χ4n) is 4.12. The van der Waals surface area contributed by atoms with E-state index in [0.29, 0.717) is 22.9 Å². The van der Waals surface area contributed by atoms with Crippen molar-refractivity contribution in [3.63, 3.8) is 0 Å². The fraction of sp³-hybridized carbons (Fsp3) is 0.269. The molecule has 166 valence electrons. The number of carbonyl (C=O) groups excluding carboxylic acids is 1. The molecule has 0 radical (unpaired) electrons. The molecule has 0 aliphatic carbocycles. The van der Waals surface area contributed by atoms with Crippen molar-refractivity contribution in [2.24, 2.45) is 0 Å². The van der Waals surface area contributed by atoms with E-state index in [1.54, 1.807) is 24.3 Å². The second-order valence-corrected chi connectivity index (χ2v) is 8.33. The molecule has 1 aliphatic heterocycles. The van der Waals surface area contributed by atoms with Gasteiger partial charge >= 0.3 is 0 Å². The molecule has 3 aromatic carbocycles. The summed E-state index contributed by atoms with van der Waals surface area (Å²) < 4.78 is 13.5. The van der Waals surface area contributed by atoms with E-state index in [-0.39, 0.29) is 11.7 Å². The van der Waals surface area contributed by atoms with Crippen molar-refractivity contribution in [1.82, 2.24) is 4.90 Å². The van der Waals surface area contributed by atoms with Crippen LogP contribution in [0, 0.1) is 5.82 Å². The van der Waals surface area contributed by atoms with Crippen LogP contribution >= 0.6 is 0 Å². The minimum absolute atomic E-state index is 0.171. The highest BCUT2D eigenvalue weighted by molar-refractivity contribution is 6.05. The fourth-order valence-corrected chi connectivity index (χ4v) is 4.12. The van der Waals surface area contributed by atoms with Crippen molar-refractivity contribution in [1.29, 1.82) is 0 Å². The van der Waals surface area contributed by atoms with Crippen LogP contribution in [-0.4, -0.2) is 43.5 Å². The molecule has 3 aromatic rings. The Bertz CT molecular complexity index is 1060. The van der Waals surface area contributed by atoms with E-state index < -0.39 is 0 Å². The normalized spacial score (nSPS) is 15.4. The van der Waals surface area contributed by atoms with Gasteiger partial charge in [0, 0.05) is 44.0 Å². The van der Waals surface area contributed by atoms with Crippen LogP contribution in [0.2, 0.25) is 0 Å². The highest BCUT2D eigenvalue weighted by atomic mass is 19.1. The second kappa shape index (κ2) is 9.83. The first kappa shape index (κ1) is 21.8. The molecule has 1 heterocycles. The van der Waals surface area contributed by atoms with E-state index in [9.17, 15) is 9.18 Å². The maximum absolute atomic E-state index is 13.5. The Labute approximate surface area is 188 Å². The number of rotatable bonds is 6. The Morgan fingerprint density at radius 2 is 1.72 bits per heavy atom. The number of carbonyl (C=O) groups is 1. The van der Waals surface area contributed by atoms with Crippen LogP contribution in [0.5, 0.6) is 0 Å². The van der Waals surface area contributed by atoms with Crippen molar-refractivity contribution >= 4 is 23.0 Å². The first-order valence-corrected chi connectivity index (χ1v) is 11.0. The maximum Gasteiger partial charge on any atom is 0.255 e. The molecule has 1 saturated heterocycles. The number of benzene rings is 3. The molecule has 4 rings (SSSR count). The SMILES string of the molecule is CC(CN1CCN(c2cccc(F)c2)CC1)c1ccc(C(=O)Nc2ccccc2N)cc1. The molecular weight excluding hydrogens is 403 g/mol. The Kier molecular flexibility index (Phi) is 6.71. The number of nitrogens with zero attached hydrogens (tertiary/aromatic N) is 2. The lowest BCUT2D eigenvalue weighted by Gasteiger charge is -2.37. The molecule has 5 nitrogen and oxygen atoms in total. The number of nitrogen functional groups attached to an aromatic ring is 1. The second-order valence-electron chi connectivity index (χ2n) is 8.33. The van der Waals surface area contributed by atoms with Gasteiger partial charge in [-0.1, -0.05) is 37.3 Å². The zero-order valence-electron chi connectivity index (χ0n) is 18.3. The van der Waals surface area contributed by atoms with E-state index in [1.807, 2.05) is 42.5 Å². The number of anilines is 3. The third kappa shape index (κ3) is 5.26. The third-order valence-electron chi connectivity index (χ3n) is 6.03. The van der Waals surface area contributed by atoms with E-state index >= 15 is 0 Å². The van der Waals surface area contributed by atoms with Gasteiger partial charge < -0.3 is 16.0 Å². The summed E-state index contributed by atoms with van der Waals surface area (Å²) in [5.41, 5.74) is 9.83. The van der Waals surface area contributed by atoms with Crippen LogP contribution in [0.4, 0.5) is 21.5 Å². The molecule has 3 N–H and O–H groups in total. The number of amides is 1. The topological polar surface area (TPSA) is 61.6 Å². The van der Waals surface area contributed by atoms with Crippen molar-refractivity contribution in [2.75, 3.05) is 48.7 Å². The number of nitrogens with one attached hydrogen (secondary N) is 1. The molecule has 1 atom stereocenters. The summed E-state index contributed by atoms with van der Waals surface area (Å²) >= 11 is 0. The van der Waals surface area contributed by atoms with Gasteiger partial charge in [0.25, 0.3) is 5.91 Å². The van der Waals surface area contributed by atoms with E-state index in [1.165, 1.54) is 11.6 Å². The number of hydrogen-bond acceptors (Lipinski definition) is 4. The Balaban J connectivity index is 1.30. The quantitative estimate of drug-likeness (QED) is 0.560. The summed E-state index contributed by atoms with van der Waals surface area (Å²) in [6, 6.07) is 21.8. The first-order valence-electron chi connectivity index (χ1n) is 11.0. The van der Waals surface area contributed by atoms with E-state index in [0.717, 1.165) is 38.4 Å². The smallest absolute Gasteiger partial charge is 0.255 e. The molecule has 32 heavy (non-hydrogen) atoms. The van der Waals surface area contributed by atoms with Crippen molar-refractivity contribution in [2.45, 2.75) is 12.8 Å².